The standard InChI is InChI=1S/C29H46N2O3/c1-3-5-7-8-9-10-11-13-22-33-27-18-16-26(17-19-27)29-30-24-28(25-31-29)34-23-15-14-21-32-20-12-6-4-2/h16-19,24-25H,3-15,20-23H2,1-2H3. The van der Waals surface area contributed by atoms with E-state index < -0.39 is 0 Å². The number of nitrogens with zero attached hydrogens (tertiary/aromatic N) is 2. The monoisotopic (exact) mass is 470 g/mol. The van der Waals surface area contributed by atoms with Crippen LogP contribution in [0.4, 0.5) is 0 Å². The molecule has 34 heavy (non-hydrogen) atoms. The Balaban J connectivity index is 1.57. The second-order valence-corrected chi connectivity index (χ2v) is 8.97. The summed E-state index contributed by atoms with van der Waals surface area (Å²) in [5.74, 6) is 2.31. The molecular formula is C29H46N2O3. The molecule has 0 aliphatic heterocycles. The van der Waals surface area contributed by atoms with E-state index in [1.807, 2.05) is 24.3 Å². The molecule has 0 N–H and O–H groups in total. The Labute approximate surface area is 207 Å². The van der Waals surface area contributed by atoms with E-state index in [1.54, 1.807) is 12.4 Å². The summed E-state index contributed by atoms with van der Waals surface area (Å²) in [5, 5.41) is 0. The minimum absolute atomic E-state index is 0.659. The number of ether oxygens (including phenoxy) is 3. The van der Waals surface area contributed by atoms with Gasteiger partial charge in [-0.3, -0.25) is 0 Å². The molecule has 0 atom stereocenters. The lowest BCUT2D eigenvalue weighted by Gasteiger charge is -2.08. The summed E-state index contributed by atoms with van der Waals surface area (Å²) < 4.78 is 17.3. The first-order valence-electron chi connectivity index (χ1n) is 13.6. The van der Waals surface area contributed by atoms with Crippen LogP contribution < -0.4 is 9.47 Å². The van der Waals surface area contributed by atoms with Gasteiger partial charge in [-0.1, -0.05) is 71.6 Å². The highest BCUT2D eigenvalue weighted by Crippen LogP contribution is 2.21. The van der Waals surface area contributed by atoms with Crippen molar-refractivity contribution in [3.05, 3.63) is 36.7 Å². The molecule has 190 valence electrons. The number of hydrogen-bond donors (Lipinski definition) is 0. The van der Waals surface area contributed by atoms with Gasteiger partial charge in [-0.2, -0.15) is 0 Å². The van der Waals surface area contributed by atoms with Gasteiger partial charge < -0.3 is 14.2 Å². The van der Waals surface area contributed by atoms with Crippen molar-refractivity contribution < 1.29 is 14.2 Å². The van der Waals surface area contributed by atoms with Crippen LogP contribution in [0.5, 0.6) is 11.5 Å². The summed E-state index contributed by atoms with van der Waals surface area (Å²) in [4.78, 5) is 8.91. The second kappa shape index (κ2) is 19.2. The van der Waals surface area contributed by atoms with Gasteiger partial charge >= 0.3 is 0 Å². The summed E-state index contributed by atoms with van der Waals surface area (Å²) in [6.45, 7) is 7.59. The van der Waals surface area contributed by atoms with Crippen LogP contribution >= 0.6 is 0 Å². The molecule has 0 aliphatic rings. The fraction of sp³-hybridized carbons (Fsp3) is 0.655. The zero-order valence-electron chi connectivity index (χ0n) is 21.6. The molecule has 0 radical (unpaired) electrons. The van der Waals surface area contributed by atoms with Crippen molar-refractivity contribution in [1.82, 2.24) is 9.97 Å². The number of aromatic nitrogens is 2. The lowest BCUT2D eigenvalue weighted by atomic mass is 10.1. The first kappa shape index (κ1) is 28.1. The Bertz CT molecular complexity index is 656. The van der Waals surface area contributed by atoms with Crippen LogP contribution in [0.2, 0.25) is 0 Å². The lowest BCUT2D eigenvalue weighted by Crippen LogP contribution is -2.02. The predicted octanol–water partition coefficient (Wildman–Crippen LogP) is 8.03. The van der Waals surface area contributed by atoms with Crippen LogP contribution in [0.15, 0.2) is 36.7 Å². The highest BCUT2D eigenvalue weighted by Gasteiger charge is 2.03. The molecule has 1 aromatic heterocycles. The Hall–Kier alpha value is -2.14. The van der Waals surface area contributed by atoms with Crippen LogP contribution in [0.25, 0.3) is 11.4 Å². The molecule has 0 bridgehead atoms. The van der Waals surface area contributed by atoms with Gasteiger partial charge in [0.1, 0.15) is 5.75 Å². The van der Waals surface area contributed by atoms with E-state index in [0.717, 1.165) is 56.8 Å². The molecule has 0 fully saturated rings. The van der Waals surface area contributed by atoms with E-state index in [2.05, 4.69) is 23.8 Å². The summed E-state index contributed by atoms with van der Waals surface area (Å²) >= 11 is 0. The molecule has 0 aliphatic carbocycles. The SMILES string of the molecule is CCCCCCCCCCOc1ccc(-c2ncc(OCCCCOCCCCC)cn2)cc1. The van der Waals surface area contributed by atoms with E-state index in [9.17, 15) is 0 Å². The van der Waals surface area contributed by atoms with Crippen molar-refractivity contribution in [1.29, 1.82) is 0 Å². The van der Waals surface area contributed by atoms with Crippen LogP contribution in [0, 0.1) is 0 Å². The highest BCUT2D eigenvalue weighted by atomic mass is 16.5. The van der Waals surface area contributed by atoms with Crippen molar-refractivity contribution >= 4 is 0 Å². The molecule has 5 heteroatoms. The van der Waals surface area contributed by atoms with E-state index in [4.69, 9.17) is 14.2 Å². The van der Waals surface area contributed by atoms with Gasteiger partial charge in [-0.15, -0.1) is 0 Å². The first-order valence-corrected chi connectivity index (χ1v) is 13.6. The number of benzene rings is 1. The molecule has 2 rings (SSSR count). The van der Waals surface area contributed by atoms with Gasteiger partial charge in [-0.05, 0) is 49.9 Å². The van der Waals surface area contributed by atoms with Crippen molar-refractivity contribution in [3.63, 3.8) is 0 Å². The molecule has 2 aromatic rings. The van der Waals surface area contributed by atoms with Gasteiger partial charge in [0.05, 0.1) is 25.6 Å². The molecule has 5 nitrogen and oxygen atoms in total. The maximum atomic E-state index is 5.89. The van der Waals surface area contributed by atoms with Crippen molar-refractivity contribution in [3.8, 4) is 22.9 Å². The number of hydrogen-bond acceptors (Lipinski definition) is 5. The molecule has 0 amide bonds. The van der Waals surface area contributed by atoms with Crippen molar-refractivity contribution in [2.24, 2.45) is 0 Å². The molecule has 0 saturated heterocycles. The quantitative estimate of drug-likeness (QED) is 0.173. The average Bonchev–Trinajstić information content (AvgIpc) is 2.87. The van der Waals surface area contributed by atoms with E-state index >= 15 is 0 Å². The summed E-state index contributed by atoms with van der Waals surface area (Å²) in [6.07, 6.45) is 19.6. The van der Waals surface area contributed by atoms with Gasteiger partial charge in [-0.25, -0.2) is 9.97 Å². The molecule has 0 spiro atoms. The van der Waals surface area contributed by atoms with Crippen molar-refractivity contribution in [2.45, 2.75) is 97.3 Å². The predicted molar refractivity (Wildman–Crippen MR) is 141 cm³/mol. The first-order chi connectivity index (χ1) is 16.8. The van der Waals surface area contributed by atoms with E-state index in [0.29, 0.717) is 18.2 Å². The van der Waals surface area contributed by atoms with Crippen LogP contribution in [0.1, 0.15) is 97.3 Å². The third-order valence-corrected chi connectivity index (χ3v) is 5.85. The maximum Gasteiger partial charge on any atom is 0.159 e. The number of rotatable bonds is 21. The highest BCUT2D eigenvalue weighted by molar-refractivity contribution is 5.56. The van der Waals surface area contributed by atoms with Gasteiger partial charge in [0.15, 0.2) is 11.6 Å². The lowest BCUT2D eigenvalue weighted by molar-refractivity contribution is 0.122. The Morgan fingerprint density at radius 3 is 1.65 bits per heavy atom. The van der Waals surface area contributed by atoms with E-state index in [1.165, 1.54) is 57.8 Å². The van der Waals surface area contributed by atoms with E-state index in [-0.39, 0.29) is 0 Å². The molecule has 1 heterocycles. The van der Waals surface area contributed by atoms with Gasteiger partial charge in [0.25, 0.3) is 0 Å². The van der Waals surface area contributed by atoms with Crippen molar-refractivity contribution in [2.75, 3.05) is 26.4 Å². The van der Waals surface area contributed by atoms with Crippen LogP contribution in [-0.2, 0) is 4.74 Å². The molecule has 1 aromatic carbocycles. The minimum atomic E-state index is 0.659. The zero-order chi connectivity index (χ0) is 24.1. The van der Waals surface area contributed by atoms with Gasteiger partial charge in [0.2, 0.25) is 0 Å². The third-order valence-electron chi connectivity index (χ3n) is 5.85. The maximum absolute atomic E-state index is 5.89. The Morgan fingerprint density at radius 1 is 0.529 bits per heavy atom. The second-order valence-electron chi connectivity index (χ2n) is 8.97. The fourth-order valence-electron chi connectivity index (χ4n) is 3.72. The van der Waals surface area contributed by atoms with Gasteiger partial charge in [0, 0.05) is 18.8 Å². The zero-order valence-corrected chi connectivity index (χ0v) is 21.6. The Kier molecular flexibility index (Phi) is 15.9. The summed E-state index contributed by atoms with van der Waals surface area (Å²) in [6, 6.07) is 8.02. The summed E-state index contributed by atoms with van der Waals surface area (Å²) in [5.41, 5.74) is 0.978. The third kappa shape index (κ3) is 12.9. The largest absolute Gasteiger partial charge is 0.494 e. The Morgan fingerprint density at radius 2 is 1.00 bits per heavy atom. The normalized spacial score (nSPS) is 11.0. The molecular weight excluding hydrogens is 424 g/mol. The smallest absolute Gasteiger partial charge is 0.159 e. The minimum Gasteiger partial charge on any atom is -0.494 e. The average molecular weight is 471 g/mol. The molecule has 0 saturated carbocycles. The van der Waals surface area contributed by atoms with Crippen LogP contribution in [-0.4, -0.2) is 36.4 Å². The number of unbranched alkanes of at least 4 members (excludes halogenated alkanes) is 10. The molecule has 0 unspecified atom stereocenters. The van der Waals surface area contributed by atoms with Crippen LogP contribution in [0.3, 0.4) is 0 Å². The fourth-order valence-corrected chi connectivity index (χ4v) is 3.72. The topological polar surface area (TPSA) is 53.5 Å². The summed E-state index contributed by atoms with van der Waals surface area (Å²) in [7, 11) is 0.